The van der Waals surface area contributed by atoms with Crippen LogP contribution in [0.3, 0.4) is 0 Å². The van der Waals surface area contributed by atoms with Crippen LogP contribution < -0.4 is 0 Å². The number of rotatable bonds is 2. The summed E-state index contributed by atoms with van der Waals surface area (Å²) in [4.78, 5) is 21.8. The largest absolute Gasteiger partial charge is 0.327 e. The maximum absolute atomic E-state index is 12.8. The summed E-state index contributed by atoms with van der Waals surface area (Å²) < 4.78 is 0. The fourth-order valence-corrected chi connectivity index (χ4v) is 4.48. The summed E-state index contributed by atoms with van der Waals surface area (Å²) in [7, 11) is 0. The molecule has 3 heterocycles. The summed E-state index contributed by atoms with van der Waals surface area (Å²) in [5, 5.41) is 10.0. The van der Waals surface area contributed by atoms with E-state index in [4.69, 9.17) is 5.26 Å². The molecule has 0 spiro atoms. The molecule has 5 nitrogen and oxygen atoms in total. The lowest BCUT2D eigenvalue weighted by Crippen LogP contribution is -2.42. The van der Waals surface area contributed by atoms with Gasteiger partial charge in [-0.3, -0.25) is 4.79 Å². The van der Waals surface area contributed by atoms with Crippen molar-refractivity contribution >= 4 is 17.2 Å². The van der Waals surface area contributed by atoms with E-state index < -0.39 is 0 Å². The van der Waals surface area contributed by atoms with Crippen LogP contribution in [-0.4, -0.2) is 39.3 Å². The zero-order valence-corrected chi connectivity index (χ0v) is 13.6. The van der Waals surface area contributed by atoms with Crippen LogP contribution in [0.4, 0.5) is 0 Å². The quantitative estimate of drug-likeness (QED) is 0.797. The van der Waals surface area contributed by atoms with E-state index in [9.17, 15) is 4.79 Å². The van der Waals surface area contributed by atoms with Gasteiger partial charge in [-0.2, -0.15) is 5.26 Å². The van der Waals surface area contributed by atoms with Crippen LogP contribution in [0.25, 0.3) is 10.6 Å². The summed E-state index contributed by atoms with van der Waals surface area (Å²) in [5.41, 5.74) is 1.93. The van der Waals surface area contributed by atoms with Crippen molar-refractivity contribution in [3.05, 3.63) is 40.9 Å². The maximum atomic E-state index is 12.8. The highest BCUT2D eigenvalue weighted by molar-refractivity contribution is 7.17. The molecule has 0 saturated carbocycles. The van der Waals surface area contributed by atoms with Crippen molar-refractivity contribution in [2.24, 2.45) is 0 Å². The number of carbonyl (C=O) groups is 1. The Kier molecular flexibility index (Phi) is 3.31. The smallest absolute Gasteiger partial charge is 0.266 e. The average Bonchev–Trinajstić information content (AvgIpc) is 3.23. The second-order valence-corrected chi connectivity index (χ2v) is 6.98. The van der Waals surface area contributed by atoms with Crippen molar-refractivity contribution in [2.75, 3.05) is 6.54 Å². The molecule has 6 heteroatoms. The first-order valence-corrected chi connectivity index (χ1v) is 8.53. The number of thiazole rings is 1. The van der Waals surface area contributed by atoms with Gasteiger partial charge in [0, 0.05) is 12.1 Å². The molecule has 2 aliphatic heterocycles. The number of hydrogen-bond acceptors (Lipinski definition) is 5. The minimum absolute atomic E-state index is 0.0660. The predicted octanol–water partition coefficient (Wildman–Crippen LogP) is 2.71. The fourth-order valence-electron chi connectivity index (χ4n) is 3.44. The Bertz CT molecular complexity index is 795. The van der Waals surface area contributed by atoms with Crippen LogP contribution in [0.5, 0.6) is 0 Å². The first kappa shape index (κ1) is 14.2. The van der Waals surface area contributed by atoms with Crippen LogP contribution in [-0.2, 0) is 6.54 Å². The van der Waals surface area contributed by atoms with Gasteiger partial charge < -0.3 is 9.80 Å². The van der Waals surface area contributed by atoms with E-state index >= 15 is 0 Å². The molecule has 0 aliphatic carbocycles. The van der Waals surface area contributed by atoms with Crippen molar-refractivity contribution in [3.63, 3.8) is 0 Å². The second kappa shape index (κ2) is 5.36. The SMILES string of the molecule is CC1C(N2Cc3nc(-c4ccccc4)sc3C2=O)CCN1C#N. The first-order valence-electron chi connectivity index (χ1n) is 7.71. The summed E-state index contributed by atoms with van der Waals surface area (Å²) in [6.45, 7) is 3.30. The van der Waals surface area contributed by atoms with Gasteiger partial charge in [0.1, 0.15) is 9.88 Å². The number of hydrogen-bond donors (Lipinski definition) is 0. The van der Waals surface area contributed by atoms with Crippen molar-refractivity contribution in [1.29, 1.82) is 5.26 Å². The number of benzene rings is 1. The van der Waals surface area contributed by atoms with Crippen molar-refractivity contribution < 1.29 is 4.79 Å². The van der Waals surface area contributed by atoms with Crippen LogP contribution in [0.15, 0.2) is 30.3 Å². The molecular weight excluding hydrogens is 308 g/mol. The molecule has 1 amide bonds. The molecule has 0 N–H and O–H groups in total. The number of likely N-dealkylation sites (tertiary alicyclic amines) is 1. The molecule has 116 valence electrons. The third-order valence-electron chi connectivity index (χ3n) is 4.74. The van der Waals surface area contributed by atoms with E-state index in [1.807, 2.05) is 42.2 Å². The standard InChI is InChI=1S/C17H16N4OS/c1-11-14(7-8-20(11)10-18)21-9-13-15(17(21)22)23-16(19-13)12-5-3-2-4-6-12/h2-6,11,14H,7-9H2,1H3. The first-order chi connectivity index (χ1) is 11.2. The summed E-state index contributed by atoms with van der Waals surface area (Å²) in [6.07, 6.45) is 3.06. The van der Waals surface area contributed by atoms with Crippen molar-refractivity contribution in [3.8, 4) is 16.8 Å². The summed E-state index contributed by atoms with van der Waals surface area (Å²) >= 11 is 1.47. The second-order valence-electron chi connectivity index (χ2n) is 5.98. The number of carbonyl (C=O) groups excluding carboxylic acids is 1. The summed E-state index contributed by atoms with van der Waals surface area (Å²) in [5.74, 6) is 0.0660. The van der Waals surface area contributed by atoms with E-state index in [0.29, 0.717) is 6.54 Å². The van der Waals surface area contributed by atoms with Gasteiger partial charge in [0.15, 0.2) is 6.19 Å². The number of nitriles is 1. The van der Waals surface area contributed by atoms with Crippen molar-refractivity contribution in [2.45, 2.75) is 32.0 Å². The van der Waals surface area contributed by atoms with E-state index in [2.05, 4.69) is 11.2 Å². The molecule has 1 saturated heterocycles. The Balaban J connectivity index is 1.59. The van der Waals surface area contributed by atoms with Gasteiger partial charge in [-0.1, -0.05) is 30.3 Å². The lowest BCUT2D eigenvalue weighted by molar-refractivity contribution is 0.0680. The fraction of sp³-hybridized carbons (Fsp3) is 0.353. The monoisotopic (exact) mass is 324 g/mol. The highest BCUT2D eigenvalue weighted by atomic mass is 32.1. The lowest BCUT2D eigenvalue weighted by Gasteiger charge is -2.28. The maximum Gasteiger partial charge on any atom is 0.266 e. The number of nitrogens with zero attached hydrogens (tertiary/aromatic N) is 4. The topological polar surface area (TPSA) is 60.2 Å². The predicted molar refractivity (Wildman–Crippen MR) is 87.6 cm³/mol. The van der Waals surface area contributed by atoms with E-state index in [0.717, 1.165) is 34.1 Å². The molecule has 2 aromatic rings. The third-order valence-corrected chi connectivity index (χ3v) is 5.87. The molecule has 1 aromatic carbocycles. The minimum atomic E-state index is 0.0660. The Morgan fingerprint density at radius 2 is 2.13 bits per heavy atom. The molecule has 0 bridgehead atoms. The van der Waals surface area contributed by atoms with Gasteiger partial charge in [0.25, 0.3) is 5.91 Å². The molecule has 2 atom stereocenters. The summed E-state index contributed by atoms with van der Waals surface area (Å²) in [6, 6.07) is 10.1. The van der Waals surface area contributed by atoms with Crippen LogP contribution in [0.2, 0.25) is 0 Å². The van der Waals surface area contributed by atoms with E-state index in [1.165, 1.54) is 11.3 Å². The molecule has 2 unspecified atom stereocenters. The average molecular weight is 324 g/mol. The Morgan fingerprint density at radius 3 is 2.78 bits per heavy atom. The zero-order chi connectivity index (χ0) is 16.0. The highest BCUT2D eigenvalue weighted by Gasteiger charge is 2.42. The normalized spacial score (nSPS) is 23.2. The molecule has 1 aromatic heterocycles. The molecule has 0 radical (unpaired) electrons. The van der Waals surface area contributed by atoms with Gasteiger partial charge in [0.2, 0.25) is 0 Å². The third kappa shape index (κ3) is 2.20. The van der Waals surface area contributed by atoms with Gasteiger partial charge in [-0.15, -0.1) is 11.3 Å². The van der Waals surface area contributed by atoms with Crippen molar-refractivity contribution in [1.82, 2.24) is 14.8 Å². The molecule has 23 heavy (non-hydrogen) atoms. The number of amides is 1. The molecule has 1 fully saturated rings. The Morgan fingerprint density at radius 1 is 1.35 bits per heavy atom. The number of fused-ring (bicyclic) bond motifs is 1. The number of aromatic nitrogens is 1. The Labute approximate surface area is 138 Å². The molecule has 2 aliphatic rings. The van der Waals surface area contributed by atoms with E-state index in [-0.39, 0.29) is 18.0 Å². The lowest BCUT2D eigenvalue weighted by atomic mass is 10.1. The van der Waals surface area contributed by atoms with Crippen LogP contribution in [0.1, 0.15) is 28.7 Å². The highest BCUT2D eigenvalue weighted by Crippen LogP contribution is 2.36. The Hall–Kier alpha value is -2.39. The van der Waals surface area contributed by atoms with Gasteiger partial charge in [-0.05, 0) is 13.3 Å². The van der Waals surface area contributed by atoms with E-state index in [1.54, 1.807) is 4.90 Å². The van der Waals surface area contributed by atoms with Crippen LogP contribution >= 0.6 is 11.3 Å². The van der Waals surface area contributed by atoms with Gasteiger partial charge in [-0.25, -0.2) is 4.98 Å². The van der Waals surface area contributed by atoms with Gasteiger partial charge in [0.05, 0.1) is 24.3 Å². The van der Waals surface area contributed by atoms with Crippen LogP contribution in [0, 0.1) is 11.5 Å². The van der Waals surface area contributed by atoms with Gasteiger partial charge >= 0.3 is 0 Å². The molecule has 4 rings (SSSR count). The zero-order valence-electron chi connectivity index (χ0n) is 12.8. The minimum Gasteiger partial charge on any atom is -0.327 e. The molecular formula is C17H16N4OS.